The number of halogens is 1. The number of anilines is 2. The Labute approximate surface area is 178 Å². The standard InChI is InChI=1S/C23H21FN2O3S/c1-16(27)25-19-8-10-22(11-9-19)30-15-23(28)26-20-6-2-4-17(12-20)14-29-21-7-3-5-18(24)13-21/h2-13H,14-15H2,1H3,(H,25,27)(H,26,28). The fourth-order valence-electron chi connectivity index (χ4n) is 2.65. The molecule has 3 aromatic rings. The Kier molecular flexibility index (Phi) is 7.45. The number of hydrogen-bond donors (Lipinski definition) is 2. The van der Waals surface area contributed by atoms with E-state index in [0.29, 0.717) is 17.1 Å². The molecule has 2 N–H and O–H groups in total. The second kappa shape index (κ2) is 10.5. The van der Waals surface area contributed by atoms with Crippen LogP contribution in [-0.2, 0) is 16.2 Å². The predicted molar refractivity (Wildman–Crippen MR) is 117 cm³/mol. The molecule has 7 heteroatoms. The number of nitrogens with one attached hydrogen (secondary N) is 2. The van der Waals surface area contributed by atoms with Crippen molar-refractivity contribution < 1.29 is 18.7 Å². The number of carbonyl (C=O) groups excluding carboxylic acids is 2. The maximum Gasteiger partial charge on any atom is 0.234 e. The Morgan fingerprint density at radius 3 is 2.43 bits per heavy atom. The summed E-state index contributed by atoms with van der Waals surface area (Å²) in [4.78, 5) is 24.2. The van der Waals surface area contributed by atoms with Gasteiger partial charge in [-0.05, 0) is 54.1 Å². The molecule has 3 rings (SSSR count). The molecule has 2 amide bonds. The first-order valence-electron chi connectivity index (χ1n) is 9.25. The average Bonchev–Trinajstić information content (AvgIpc) is 2.72. The number of carbonyl (C=O) groups is 2. The van der Waals surface area contributed by atoms with Crippen molar-refractivity contribution in [2.45, 2.75) is 18.4 Å². The first-order chi connectivity index (χ1) is 14.5. The zero-order valence-electron chi connectivity index (χ0n) is 16.4. The summed E-state index contributed by atoms with van der Waals surface area (Å²) in [5, 5.41) is 5.57. The van der Waals surface area contributed by atoms with Crippen molar-refractivity contribution in [3.05, 3.63) is 84.2 Å². The number of benzene rings is 3. The van der Waals surface area contributed by atoms with Crippen LogP contribution >= 0.6 is 11.8 Å². The van der Waals surface area contributed by atoms with Gasteiger partial charge in [0.05, 0.1) is 5.75 Å². The maximum atomic E-state index is 13.2. The summed E-state index contributed by atoms with van der Waals surface area (Å²) < 4.78 is 18.8. The fraction of sp³-hybridized carbons (Fsp3) is 0.130. The lowest BCUT2D eigenvalue weighted by atomic mass is 10.2. The van der Waals surface area contributed by atoms with Gasteiger partial charge >= 0.3 is 0 Å². The molecule has 0 aliphatic heterocycles. The number of amides is 2. The third kappa shape index (κ3) is 6.93. The van der Waals surface area contributed by atoms with Gasteiger partial charge < -0.3 is 15.4 Å². The van der Waals surface area contributed by atoms with Crippen LogP contribution in [0.5, 0.6) is 5.75 Å². The van der Waals surface area contributed by atoms with Gasteiger partial charge in [-0.25, -0.2) is 4.39 Å². The van der Waals surface area contributed by atoms with E-state index in [4.69, 9.17) is 4.74 Å². The van der Waals surface area contributed by atoms with Gasteiger partial charge in [-0.15, -0.1) is 11.8 Å². The Morgan fingerprint density at radius 2 is 1.70 bits per heavy atom. The molecule has 0 radical (unpaired) electrons. The van der Waals surface area contributed by atoms with Crippen molar-refractivity contribution >= 4 is 35.0 Å². The largest absolute Gasteiger partial charge is 0.489 e. The van der Waals surface area contributed by atoms with E-state index >= 15 is 0 Å². The molecule has 3 aromatic carbocycles. The van der Waals surface area contributed by atoms with Gasteiger partial charge in [0.2, 0.25) is 11.8 Å². The molecule has 154 valence electrons. The Hall–Kier alpha value is -3.32. The van der Waals surface area contributed by atoms with Crippen molar-refractivity contribution in [3.63, 3.8) is 0 Å². The van der Waals surface area contributed by atoms with Gasteiger partial charge in [-0.3, -0.25) is 9.59 Å². The second-order valence-electron chi connectivity index (χ2n) is 6.49. The number of hydrogen-bond acceptors (Lipinski definition) is 4. The summed E-state index contributed by atoms with van der Waals surface area (Å²) in [5.41, 5.74) is 2.24. The molecule has 0 saturated carbocycles. The summed E-state index contributed by atoms with van der Waals surface area (Å²) >= 11 is 1.40. The maximum absolute atomic E-state index is 13.2. The van der Waals surface area contributed by atoms with Crippen LogP contribution in [0.4, 0.5) is 15.8 Å². The summed E-state index contributed by atoms with van der Waals surface area (Å²) in [6, 6.07) is 20.6. The molecule has 0 aromatic heterocycles. The van der Waals surface area contributed by atoms with Crippen molar-refractivity contribution in [3.8, 4) is 5.75 Å². The minimum Gasteiger partial charge on any atom is -0.489 e. The third-order valence-corrected chi connectivity index (χ3v) is 4.97. The van der Waals surface area contributed by atoms with Crippen LogP contribution in [-0.4, -0.2) is 17.6 Å². The fourth-order valence-corrected chi connectivity index (χ4v) is 3.34. The highest BCUT2D eigenvalue weighted by atomic mass is 32.2. The van der Waals surface area contributed by atoms with E-state index in [9.17, 15) is 14.0 Å². The van der Waals surface area contributed by atoms with Crippen LogP contribution in [0.3, 0.4) is 0 Å². The molecular weight excluding hydrogens is 403 g/mol. The van der Waals surface area contributed by atoms with Crippen LogP contribution < -0.4 is 15.4 Å². The molecule has 30 heavy (non-hydrogen) atoms. The van der Waals surface area contributed by atoms with Crippen LogP contribution in [0.25, 0.3) is 0 Å². The Balaban J connectivity index is 1.49. The van der Waals surface area contributed by atoms with E-state index in [-0.39, 0.29) is 30.0 Å². The predicted octanol–water partition coefficient (Wildman–Crippen LogP) is 5.09. The van der Waals surface area contributed by atoms with Crippen molar-refractivity contribution in [2.75, 3.05) is 16.4 Å². The summed E-state index contributed by atoms with van der Waals surface area (Å²) in [7, 11) is 0. The van der Waals surface area contributed by atoms with Crippen molar-refractivity contribution in [1.29, 1.82) is 0 Å². The lowest BCUT2D eigenvalue weighted by Crippen LogP contribution is -2.14. The van der Waals surface area contributed by atoms with Crippen molar-refractivity contribution in [1.82, 2.24) is 0 Å². The zero-order chi connectivity index (χ0) is 21.3. The molecule has 0 bridgehead atoms. The molecule has 0 fully saturated rings. The van der Waals surface area contributed by atoms with E-state index in [1.165, 1.54) is 30.8 Å². The average molecular weight is 424 g/mol. The van der Waals surface area contributed by atoms with E-state index in [1.54, 1.807) is 30.3 Å². The molecule has 0 unspecified atom stereocenters. The first-order valence-corrected chi connectivity index (χ1v) is 10.2. The number of ether oxygens (including phenoxy) is 1. The number of thioether (sulfide) groups is 1. The monoisotopic (exact) mass is 424 g/mol. The smallest absolute Gasteiger partial charge is 0.234 e. The molecule has 0 aliphatic rings. The minimum absolute atomic E-state index is 0.127. The Bertz CT molecular complexity index is 1020. The van der Waals surface area contributed by atoms with Crippen LogP contribution in [0.15, 0.2) is 77.7 Å². The lowest BCUT2D eigenvalue weighted by Gasteiger charge is -2.09. The lowest BCUT2D eigenvalue weighted by molar-refractivity contribution is -0.114. The SMILES string of the molecule is CC(=O)Nc1ccc(SCC(=O)Nc2cccc(COc3cccc(F)c3)c2)cc1. The van der Waals surface area contributed by atoms with Crippen LogP contribution in [0.2, 0.25) is 0 Å². The molecule has 0 saturated heterocycles. The minimum atomic E-state index is -0.351. The normalized spacial score (nSPS) is 10.3. The second-order valence-corrected chi connectivity index (χ2v) is 7.54. The summed E-state index contributed by atoms with van der Waals surface area (Å²) in [6.07, 6.45) is 0. The molecule has 0 heterocycles. The highest BCUT2D eigenvalue weighted by Crippen LogP contribution is 2.21. The van der Waals surface area contributed by atoms with Gasteiger partial charge in [0.15, 0.2) is 0 Å². The third-order valence-electron chi connectivity index (χ3n) is 3.96. The van der Waals surface area contributed by atoms with Crippen molar-refractivity contribution in [2.24, 2.45) is 0 Å². The highest BCUT2D eigenvalue weighted by Gasteiger charge is 2.06. The van der Waals surface area contributed by atoms with Gasteiger partial charge in [0.1, 0.15) is 18.2 Å². The molecule has 5 nitrogen and oxygen atoms in total. The molecule has 0 aliphatic carbocycles. The summed E-state index contributed by atoms with van der Waals surface area (Å²) in [5.74, 6) is 0.0948. The summed E-state index contributed by atoms with van der Waals surface area (Å²) in [6.45, 7) is 1.72. The highest BCUT2D eigenvalue weighted by molar-refractivity contribution is 8.00. The van der Waals surface area contributed by atoms with Gasteiger partial charge in [0, 0.05) is 29.3 Å². The quantitative estimate of drug-likeness (QED) is 0.494. The number of rotatable bonds is 8. The van der Waals surface area contributed by atoms with Gasteiger partial charge in [-0.1, -0.05) is 18.2 Å². The first kappa shape index (κ1) is 21.4. The topological polar surface area (TPSA) is 67.4 Å². The van der Waals surface area contributed by atoms with Gasteiger partial charge in [0.25, 0.3) is 0 Å². The Morgan fingerprint density at radius 1 is 0.933 bits per heavy atom. The van der Waals surface area contributed by atoms with Gasteiger partial charge in [-0.2, -0.15) is 0 Å². The van der Waals surface area contributed by atoms with E-state index in [2.05, 4.69) is 10.6 Å². The van der Waals surface area contributed by atoms with E-state index in [1.807, 2.05) is 30.3 Å². The van der Waals surface area contributed by atoms with Crippen LogP contribution in [0, 0.1) is 5.82 Å². The van der Waals surface area contributed by atoms with E-state index in [0.717, 1.165) is 10.5 Å². The van der Waals surface area contributed by atoms with E-state index < -0.39 is 0 Å². The van der Waals surface area contributed by atoms with Crippen LogP contribution in [0.1, 0.15) is 12.5 Å². The molecular formula is C23H21FN2O3S. The zero-order valence-corrected chi connectivity index (χ0v) is 17.2. The molecule has 0 atom stereocenters. The molecule has 0 spiro atoms.